The summed E-state index contributed by atoms with van der Waals surface area (Å²) < 4.78 is 0. The van der Waals surface area contributed by atoms with E-state index in [-0.39, 0.29) is 11.6 Å². The van der Waals surface area contributed by atoms with Crippen LogP contribution in [0.1, 0.15) is 30.1 Å². The largest absolute Gasteiger partial charge is 0.342 e. The van der Waals surface area contributed by atoms with E-state index in [1.807, 2.05) is 29.2 Å². The van der Waals surface area contributed by atoms with E-state index in [0.29, 0.717) is 24.6 Å². The van der Waals surface area contributed by atoms with Crippen LogP contribution in [0.2, 0.25) is 0 Å². The fourth-order valence-electron chi connectivity index (χ4n) is 3.55. The second-order valence-electron chi connectivity index (χ2n) is 6.92. The van der Waals surface area contributed by atoms with Gasteiger partial charge in [0.2, 0.25) is 5.91 Å². The molecule has 1 fully saturated rings. The third-order valence-electron chi connectivity index (χ3n) is 5.10. The van der Waals surface area contributed by atoms with Crippen molar-refractivity contribution in [3.8, 4) is 0 Å². The summed E-state index contributed by atoms with van der Waals surface area (Å²) in [5.41, 5.74) is 2.66. The molecule has 7 heteroatoms. The maximum atomic E-state index is 12.5. The molecule has 7 nitrogen and oxygen atoms in total. The van der Waals surface area contributed by atoms with Crippen LogP contribution in [0.15, 0.2) is 54.6 Å². The van der Waals surface area contributed by atoms with Gasteiger partial charge in [-0.1, -0.05) is 24.3 Å². The normalized spacial score (nSPS) is 15.4. The van der Waals surface area contributed by atoms with Gasteiger partial charge in [0.05, 0.1) is 16.0 Å². The molecule has 4 rings (SSSR count). The number of piperidine rings is 1. The highest BCUT2D eigenvalue weighted by molar-refractivity contribution is 5.92. The Morgan fingerprint density at radius 2 is 1.96 bits per heavy atom. The van der Waals surface area contributed by atoms with Crippen LogP contribution < -0.4 is 0 Å². The Morgan fingerprint density at radius 3 is 2.71 bits per heavy atom. The van der Waals surface area contributed by atoms with Gasteiger partial charge in [0.25, 0.3) is 5.69 Å². The number of aromatic amines is 1. The summed E-state index contributed by atoms with van der Waals surface area (Å²) >= 11 is 0. The van der Waals surface area contributed by atoms with Gasteiger partial charge in [-0.05, 0) is 36.6 Å². The summed E-state index contributed by atoms with van der Waals surface area (Å²) in [6, 6.07) is 14.2. The third kappa shape index (κ3) is 3.78. The van der Waals surface area contributed by atoms with Crippen molar-refractivity contribution in [2.75, 3.05) is 13.1 Å². The summed E-state index contributed by atoms with van der Waals surface area (Å²) in [5, 5.41) is 10.8. The lowest BCUT2D eigenvalue weighted by molar-refractivity contribution is -0.384. The highest BCUT2D eigenvalue weighted by Gasteiger charge is 2.24. The van der Waals surface area contributed by atoms with Crippen molar-refractivity contribution in [2.24, 2.45) is 0 Å². The molecule has 28 heavy (non-hydrogen) atoms. The van der Waals surface area contributed by atoms with Gasteiger partial charge in [0.1, 0.15) is 5.82 Å². The van der Waals surface area contributed by atoms with Crippen LogP contribution >= 0.6 is 0 Å². The molecule has 1 saturated heterocycles. The van der Waals surface area contributed by atoms with Gasteiger partial charge < -0.3 is 9.88 Å². The number of para-hydroxylation sites is 2. The molecule has 1 N–H and O–H groups in total. The Kier molecular flexibility index (Phi) is 4.89. The molecule has 0 aliphatic carbocycles. The molecule has 0 bridgehead atoms. The number of amides is 1. The van der Waals surface area contributed by atoms with Crippen LogP contribution in [0.3, 0.4) is 0 Å². The predicted molar refractivity (Wildman–Crippen MR) is 107 cm³/mol. The smallest absolute Gasteiger partial charge is 0.270 e. The Hall–Kier alpha value is -3.48. The van der Waals surface area contributed by atoms with E-state index >= 15 is 0 Å². The summed E-state index contributed by atoms with van der Waals surface area (Å²) in [6.07, 6.45) is 4.83. The number of H-pyrrole nitrogens is 1. The summed E-state index contributed by atoms with van der Waals surface area (Å²) in [4.78, 5) is 32.7. The van der Waals surface area contributed by atoms with Crippen molar-refractivity contribution in [1.29, 1.82) is 0 Å². The molecule has 142 valence electrons. The molecule has 0 spiro atoms. The zero-order chi connectivity index (χ0) is 19.5. The summed E-state index contributed by atoms with van der Waals surface area (Å²) in [5.74, 6) is 1.23. The van der Waals surface area contributed by atoms with Crippen LogP contribution in [-0.2, 0) is 4.79 Å². The molecule has 1 aromatic heterocycles. The van der Waals surface area contributed by atoms with E-state index < -0.39 is 4.92 Å². The van der Waals surface area contributed by atoms with E-state index in [1.165, 1.54) is 18.2 Å². The Balaban J connectivity index is 1.37. The van der Waals surface area contributed by atoms with Gasteiger partial charge >= 0.3 is 0 Å². The number of hydrogen-bond acceptors (Lipinski definition) is 4. The van der Waals surface area contributed by atoms with Crippen molar-refractivity contribution in [3.05, 3.63) is 76.1 Å². The molecule has 0 saturated carbocycles. The van der Waals surface area contributed by atoms with E-state index in [0.717, 1.165) is 29.7 Å². The molecule has 3 aromatic rings. The maximum Gasteiger partial charge on any atom is 0.270 e. The van der Waals surface area contributed by atoms with E-state index in [4.69, 9.17) is 0 Å². The number of fused-ring (bicyclic) bond motifs is 1. The molecule has 0 radical (unpaired) electrons. The second-order valence-corrected chi connectivity index (χ2v) is 6.92. The average Bonchev–Trinajstić information content (AvgIpc) is 3.16. The number of nitro benzene ring substituents is 1. The van der Waals surface area contributed by atoms with Crippen molar-refractivity contribution in [3.63, 3.8) is 0 Å². The van der Waals surface area contributed by atoms with Crippen LogP contribution in [0.5, 0.6) is 0 Å². The number of likely N-dealkylation sites (tertiary alicyclic amines) is 1. The van der Waals surface area contributed by atoms with E-state index in [9.17, 15) is 14.9 Å². The Morgan fingerprint density at radius 1 is 1.18 bits per heavy atom. The van der Waals surface area contributed by atoms with Gasteiger partial charge in [0, 0.05) is 37.2 Å². The number of rotatable bonds is 4. The first-order valence-electron chi connectivity index (χ1n) is 9.26. The highest BCUT2D eigenvalue weighted by atomic mass is 16.6. The Labute approximate surface area is 161 Å². The zero-order valence-corrected chi connectivity index (χ0v) is 15.2. The van der Waals surface area contributed by atoms with E-state index in [2.05, 4.69) is 9.97 Å². The number of benzene rings is 2. The lowest BCUT2D eigenvalue weighted by atomic mass is 9.96. The lowest BCUT2D eigenvalue weighted by Crippen LogP contribution is -2.37. The van der Waals surface area contributed by atoms with Crippen LogP contribution in [-0.4, -0.2) is 38.8 Å². The first-order chi connectivity index (χ1) is 13.6. The fourth-order valence-corrected chi connectivity index (χ4v) is 3.55. The molecule has 1 aliphatic heterocycles. The summed E-state index contributed by atoms with van der Waals surface area (Å²) in [7, 11) is 0. The first-order valence-corrected chi connectivity index (χ1v) is 9.26. The van der Waals surface area contributed by atoms with Gasteiger partial charge in [0.15, 0.2) is 0 Å². The number of aromatic nitrogens is 2. The van der Waals surface area contributed by atoms with Gasteiger partial charge in [-0.2, -0.15) is 0 Å². The zero-order valence-electron chi connectivity index (χ0n) is 15.2. The topological polar surface area (TPSA) is 92.1 Å². The Bertz CT molecular complexity index is 1020. The lowest BCUT2D eigenvalue weighted by Gasteiger charge is -2.30. The van der Waals surface area contributed by atoms with Crippen molar-refractivity contribution >= 4 is 28.7 Å². The number of carbonyl (C=O) groups excluding carboxylic acids is 1. The third-order valence-corrected chi connectivity index (χ3v) is 5.10. The summed E-state index contributed by atoms with van der Waals surface area (Å²) in [6.45, 7) is 1.33. The van der Waals surface area contributed by atoms with Gasteiger partial charge in [-0.15, -0.1) is 0 Å². The monoisotopic (exact) mass is 376 g/mol. The number of nitro groups is 1. The quantitative estimate of drug-likeness (QED) is 0.425. The van der Waals surface area contributed by atoms with E-state index in [1.54, 1.807) is 18.2 Å². The average molecular weight is 376 g/mol. The van der Waals surface area contributed by atoms with Crippen molar-refractivity contribution < 1.29 is 9.72 Å². The number of carbonyl (C=O) groups is 1. The first kappa shape index (κ1) is 17.9. The number of hydrogen-bond donors (Lipinski definition) is 1. The van der Waals surface area contributed by atoms with Crippen LogP contribution in [0.4, 0.5) is 5.69 Å². The molecule has 2 heterocycles. The number of nitrogens with one attached hydrogen (secondary N) is 1. The minimum atomic E-state index is -0.442. The maximum absolute atomic E-state index is 12.5. The molecule has 2 aromatic carbocycles. The fraction of sp³-hybridized carbons (Fsp3) is 0.238. The van der Waals surface area contributed by atoms with Crippen molar-refractivity contribution in [2.45, 2.75) is 18.8 Å². The standard InChI is InChI=1S/C21H20N4O3/c26-20(9-8-15-4-3-5-17(14-15)25(27)28)24-12-10-16(11-13-24)21-22-18-6-1-2-7-19(18)23-21/h1-9,14,16H,10-13H2,(H,22,23)/b9-8+. The van der Waals surface area contributed by atoms with Gasteiger partial charge in [-0.25, -0.2) is 4.98 Å². The molecule has 0 atom stereocenters. The molecular formula is C21H20N4O3. The number of imidazole rings is 1. The number of nitrogens with zero attached hydrogens (tertiary/aromatic N) is 3. The number of non-ortho nitro benzene ring substituents is 1. The molecular weight excluding hydrogens is 356 g/mol. The molecule has 1 amide bonds. The highest BCUT2D eigenvalue weighted by Crippen LogP contribution is 2.28. The molecule has 0 unspecified atom stereocenters. The van der Waals surface area contributed by atoms with Crippen LogP contribution in [0.25, 0.3) is 17.1 Å². The van der Waals surface area contributed by atoms with Crippen molar-refractivity contribution in [1.82, 2.24) is 14.9 Å². The SMILES string of the molecule is O=C(/C=C/c1cccc([N+](=O)[O-])c1)N1CCC(c2nc3ccccc3[nH]2)CC1. The van der Waals surface area contributed by atoms with Crippen LogP contribution in [0, 0.1) is 10.1 Å². The minimum absolute atomic E-state index is 0.0150. The van der Waals surface area contributed by atoms with Gasteiger partial charge in [-0.3, -0.25) is 14.9 Å². The predicted octanol–water partition coefficient (Wildman–Crippen LogP) is 3.89. The minimum Gasteiger partial charge on any atom is -0.342 e. The molecule has 1 aliphatic rings. The second kappa shape index (κ2) is 7.64.